The first-order chi connectivity index (χ1) is 15.7. The molecule has 182 valence electrons. The van der Waals surface area contributed by atoms with Crippen molar-refractivity contribution >= 4 is 32.2 Å². The molecule has 0 atom stereocenters. The molecule has 2 heterocycles. The fourth-order valence-corrected chi connectivity index (χ4v) is 4.36. The van der Waals surface area contributed by atoms with Crippen LogP contribution in [0.15, 0.2) is 35.4 Å². The highest BCUT2D eigenvalue weighted by molar-refractivity contribution is 7.91. The second kappa shape index (κ2) is 8.90. The van der Waals surface area contributed by atoms with E-state index < -0.39 is 66.0 Å². The number of benzene rings is 1. The third kappa shape index (κ3) is 5.01. The van der Waals surface area contributed by atoms with Crippen LogP contribution >= 0.6 is 11.3 Å². The summed E-state index contributed by atoms with van der Waals surface area (Å²) in [5.74, 6) is -9.07. The smallest absolute Gasteiger partial charge is 0.295 e. The minimum atomic E-state index is -5.95. The Morgan fingerprint density at radius 3 is 2.18 bits per heavy atom. The maximum absolute atomic E-state index is 13.5. The first-order valence-corrected chi connectivity index (χ1v) is 11.4. The Morgan fingerprint density at radius 1 is 1.00 bits per heavy atom. The van der Waals surface area contributed by atoms with Crippen LogP contribution in [-0.4, -0.2) is 41.4 Å². The third-order valence-electron chi connectivity index (χ3n) is 4.25. The molecule has 0 aliphatic rings. The lowest BCUT2D eigenvalue weighted by Gasteiger charge is -2.15. The molecule has 1 aromatic carbocycles. The van der Waals surface area contributed by atoms with Gasteiger partial charge >= 0.3 is 12.1 Å². The van der Waals surface area contributed by atoms with E-state index in [0.29, 0.717) is 6.07 Å². The summed E-state index contributed by atoms with van der Waals surface area (Å²) in [6.07, 6.45) is -5.02. The first-order valence-electron chi connectivity index (χ1n) is 8.95. The van der Waals surface area contributed by atoms with Gasteiger partial charge in [0, 0.05) is 17.8 Å². The van der Waals surface area contributed by atoms with Gasteiger partial charge in [0.05, 0.1) is 10.6 Å². The van der Waals surface area contributed by atoms with Gasteiger partial charge in [-0.1, -0.05) is 18.3 Å². The summed E-state index contributed by atoms with van der Waals surface area (Å²) in [6, 6.07) is 3.30. The molecule has 0 spiro atoms. The number of aromatic nitrogens is 3. The summed E-state index contributed by atoms with van der Waals surface area (Å²) in [5.41, 5.74) is -0.903. The van der Waals surface area contributed by atoms with Crippen molar-refractivity contribution in [2.45, 2.75) is 23.9 Å². The zero-order valence-electron chi connectivity index (χ0n) is 16.6. The van der Waals surface area contributed by atoms with E-state index >= 15 is 0 Å². The molecule has 0 unspecified atom stereocenters. The Labute approximate surface area is 190 Å². The second-order valence-corrected chi connectivity index (χ2v) is 9.80. The lowest BCUT2D eigenvalue weighted by Crippen LogP contribution is -2.33. The van der Waals surface area contributed by atoms with Crippen LogP contribution in [0.3, 0.4) is 0 Å². The van der Waals surface area contributed by atoms with Crippen molar-refractivity contribution in [1.29, 1.82) is 0 Å². The van der Waals surface area contributed by atoms with Crippen molar-refractivity contribution in [2.75, 3.05) is 11.1 Å². The number of amides is 1. The van der Waals surface area contributed by atoms with Gasteiger partial charge in [-0.15, -0.1) is 10.2 Å². The quantitative estimate of drug-likeness (QED) is 0.470. The number of anilines is 1. The molecule has 0 aliphatic carbocycles. The number of alkyl halides is 5. The van der Waals surface area contributed by atoms with Gasteiger partial charge in [0.15, 0.2) is 14.8 Å². The lowest BCUT2D eigenvalue weighted by atomic mass is 10.1. The summed E-state index contributed by atoms with van der Waals surface area (Å²) in [5, 5.41) is 5.14. The molecule has 3 aromatic rings. The number of hydrogen-bond acceptors (Lipinski definition) is 7. The van der Waals surface area contributed by atoms with Gasteiger partial charge in [-0.3, -0.25) is 10.1 Å². The van der Waals surface area contributed by atoms with Crippen LogP contribution in [0.1, 0.15) is 22.4 Å². The van der Waals surface area contributed by atoms with E-state index in [9.17, 15) is 43.9 Å². The molecule has 2 aromatic heterocycles. The van der Waals surface area contributed by atoms with Crippen LogP contribution in [0.25, 0.3) is 11.1 Å². The Balaban J connectivity index is 2.00. The maximum atomic E-state index is 13.5. The largest absolute Gasteiger partial charge is 0.460 e. The fraction of sp³-hybridized carbons (Fsp3) is 0.222. The molecule has 0 radical (unpaired) electrons. The van der Waals surface area contributed by atoms with Gasteiger partial charge in [-0.05, 0) is 23.8 Å². The number of rotatable bonds is 6. The highest BCUT2D eigenvalue weighted by Crippen LogP contribution is 2.45. The minimum Gasteiger partial charge on any atom is -0.295 e. The van der Waals surface area contributed by atoms with Gasteiger partial charge < -0.3 is 0 Å². The molecular formula is C18H11F7N4O3S2. The topological polar surface area (TPSA) is 102 Å². The standard InChI is InChI=1S/C18H11F7N4O3S2/c1-2-34(31,32)12-5-9(8-3-10(19)6-11(20)4-8)7-26-13(12)14(30)27-16-29-28-15(33-16)17(21,22)18(23,24)25/h3-7H,2H2,1H3,(H,27,29,30). The highest BCUT2D eigenvalue weighted by Gasteiger charge is 2.61. The Morgan fingerprint density at radius 2 is 1.62 bits per heavy atom. The van der Waals surface area contributed by atoms with Crippen LogP contribution in [0, 0.1) is 11.6 Å². The van der Waals surface area contributed by atoms with Crippen molar-refractivity contribution in [3.8, 4) is 11.1 Å². The molecule has 1 N–H and O–H groups in total. The SMILES string of the molecule is CCS(=O)(=O)c1cc(-c2cc(F)cc(F)c2)cnc1C(=O)Nc1nnc(C(F)(F)C(F)(F)F)s1. The molecule has 0 bridgehead atoms. The second-order valence-electron chi connectivity index (χ2n) is 6.57. The molecule has 0 aliphatic heterocycles. The lowest BCUT2D eigenvalue weighted by molar-refractivity contribution is -0.289. The maximum Gasteiger partial charge on any atom is 0.460 e. The van der Waals surface area contributed by atoms with E-state index in [4.69, 9.17) is 0 Å². The average molecular weight is 528 g/mol. The van der Waals surface area contributed by atoms with E-state index in [0.717, 1.165) is 24.4 Å². The number of pyridine rings is 1. The predicted octanol–water partition coefficient (Wildman–Crippen LogP) is 4.58. The molecule has 16 heteroatoms. The molecule has 3 rings (SSSR count). The summed E-state index contributed by atoms with van der Waals surface area (Å²) in [4.78, 5) is 15.6. The van der Waals surface area contributed by atoms with Gasteiger partial charge in [0.25, 0.3) is 5.91 Å². The summed E-state index contributed by atoms with van der Waals surface area (Å²) < 4.78 is 116. The van der Waals surface area contributed by atoms with Crippen LogP contribution in [0.4, 0.5) is 35.9 Å². The summed E-state index contributed by atoms with van der Waals surface area (Å²) >= 11 is -0.273. The third-order valence-corrected chi connectivity index (χ3v) is 6.90. The predicted molar refractivity (Wildman–Crippen MR) is 105 cm³/mol. The molecule has 7 nitrogen and oxygen atoms in total. The first kappa shape index (κ1) is 25.5. The molecule has 0 saturated carbocycles. The Hall–Kier alpha value is -3.14. The molecular weight excluding hydrogens is 517 g/mol. The van der Waals surface area contributed by atoms with E-state index in [1.54, 1.807) is 0 Å². The van der Waals surface area contributed by atoms with E-state index in [1.165, 1.54) is 6.92 Å². The number of sulfone groups is 1. The van der Waals surface area contributed by atoms with Crippen molar-refractivity contribution in [3.05, 3.63) is 52.8 Å². The number of halogens is 7. The van der Waals surface area contributed by atoms with Gasteiger partial charge in [0.2, 0.25) is 5.13 Å². The zero-order chi connectivity index (χ0) is 25.5. The zero-order valence-corrected chi connectivity index (χ0v) is 18.3. The van der Waals surface area contributed by atoms with Crippen molar-refractivity contribution in [1.82, 2.24) is 15.2 Å². The van der Waals surface area contributed by atoms with Crippen molar-refractivity contribution < 1.29 is 43.9 Å². The van der Waals surface area contributed by atoms with Crippen LogP contribution in [0.2, 0.25) is 0 Å². The minimum absolute atomic E-state index is 0.0648. The van der Waals surface area contributed by atoms with Crippen LogP contribution < -0.4 is 5.32 Å². The number of carbonyl (C=O) groups is 1. The van der Waals surface area contributed by atoms with Crippen LogP contribution in [0.5, 0.6) is 0 Å². The number of carbonyl (C=O) groups excluding carboxylic acids is 1. The average Bonchev–Trinajstić information content (AvgIpc) is 3.21. The molecule has 0 saturated heterocycles. The molecule has 1 amide bonds. The van der Waals surface area contributed by atoms with E-state index in [1.807, 2.05) is 5.32 Å². The number of nitrogens with zero attached hydrogens (tertiary/aromatic N) is 3. The number of hydrogen-bond donors (Lipinski definition) is 1. The summed E-state index contributed by atoms with van der Waals surface area (Å²) in [7, 11) is -4.17. The van der Waals surface area contributed by atoms with Gasteiger partial charge in [0.1, 0.15) is 17.3 Å². The van der Waals surface area contributed by atoms with E-state index in [2.05, 4.69) is 15.2 Å². The van der Waals surface area contributed by atoms with Crippen molar-refractivity contribution in [3.63, 3.8) is 0 Å². The normalized spacial score (nSPS) is 12.6. The Bertz CT molecular complexity index is 1340. The van der Waals surface area contributed by atoms with Crippen molar-refractivity contribution in [2.24, 2.45) is 0 Å². The van der Waals surface area contributed by atoms with E-state index in [-0.39, 0.29) is 22.5 Å². The fourth-order valence-electron chi connectivity index (χ4n) is 2.56. The van der Waals surface area contributed by atoms with Gasteiger partial charge in [-0.25, -0.2) is 22.2 Å². The highest BCUT2D eigenvalue weighted by atomic mass is 32.2. The Kier molecular flexibility index (Phi) is 6.67. The van der Waals surface area contributed by atoms with Crippen LogP contribution in [-0.2, 0) is 15.8 Å². The number of nitrogens with one attached hydrogen (secondary N) is 1. The molecule has 34 heavy (non-hydrogen) atoms. The summed E-state index contributed by atoms with van der Waals surface area (Å²) in [6.45, 7) is 1.24. The monoisotopic (exact) mass is 528 g/mol. The van der Waals surface area contributed by atoms with Gasteiger partial charge in [-0.2, -0.15) is 22.0 Å². The molecule has 0 fully saturated rings.